The average Bonchev–Trinajstić information content (AvgIpc) is 2.89. The first kappa shape index (κ1) is 22.5. The van der Waals surface area contributed by atoms with E-state index in [2.05, 4.69) is 5.32 Å². The van der Waals surface area contributed by atoms with Gasteiger partial charge in [0, 0.05) is 11.4 Å². The van der Waals surface area contributed by atoms with E-state index in [1.165, 1.54) is 12.1 Å². The molecular weight excluding hydrogens is 443 g/mol. The maximum atomic E-state index is 13.6. The zero-order valence-corrected chi connectivity index (χ0v) is 19.3. The maximum absolute atomic E-state index is 13.6. The van der Waals surface area contributed by atoms with Gasteiger partial charge in [0.25, 0.3) is 5.91 Å². The highest BCUT2D eigenvalue weighted by Crippen LogP contribution is 2.39. The molecule has 4 aromatic carbocycles. The normalized spacial score (nSPS) is 14.7. The first-order valence-corrected chi connectivity index (χ1v) is 11.5. The van der Waals surface area contributed by atoms with E-state index in [0.29, 0.717) is 23.7 Å². The highest BCUT2D eigenvalue weighted by molar-refractivity contribution is 6.12. The van der Waals surface area contributed by atoms with Gasteiger partial charge in [0.1, 0.15) is 18.6 Å². The minimum absolute atomic E-state index is 0.0786. The summed E-state index contributed by atoms with van der Waals surface area (Å²) in [4.78, 5) is 15.3. The lowest BCUT2D eigenvalue weighted by Gasteiger charge is -2.38. The molecule has 0 saturated heterocycles. The lowest BCUT2D eigenvalue weighted by molar-refractivity contribution is 0.0975. The molecule has 176 valence electrons. The molecule has 5 rings (SSSR count). The van der Waals surface area contributed by atoms with E-state index < -0.39 is 6.17 Å². The highest BCUT2D eigenvalue weighted by Gasteiger charge is 2.34. The fourth-order valence-electron chi connectivity index (χ4n) is 4.17. The molecule has 35 heavy (non-hydrogen) atoms. The number of halogens is 1. The van der Waals surface area contributed by atoms with E-state index in [4.69, 9.17) is 9.47 Å². The van der Waals surface area contributed by atoms with E-state index in [-0.39, 0.29) is 18.3 Å². The molecular formula is C29H25FN2O3. The van der Waals surface area contributed by atoms with Gasteiger partial charge in [-0.05, 0) is 66.6 Å². The number of nitrogens with one attached hydrogen (secondary N) is 1. The number of hydrogen-bond acceptors (Lipinski definition) is 4. The number of nitrogens with zero attached hydrogens (tertiary/aromatic N) is 1. The van der Waals surface area contributed by atoms with Crippen LogP contribution in [-0.4, -0.2) is 12.5 Å². The average molecular weight is 469 g/mol. The van der Waals surface area contributed by atoms with Crippen LogP contribution in [0, 0.1) is 5.82 Å². The first-order valence-electron chi connectivity index (χ1n) is 11.5. The lowest BCUT2D eigenvalue weighted by Crippen LogP contribution is -2.43. The highest BCUT2D eigenvalue weighted by atomic mass is 19.1. The zero-order valence-electron chi connectivity index (χ0n) is 19.3. The van der Waals surface area contributed by atoms with Crippen molar-refractivity contribution in [3.05, 3.63) is 120 Å². The Bertz CT molecular complexity index is 1330. The Balaban J connectivity index is 1.49. The summed E-state index contributed by atoms with van der Waals surface area (Å²) >= 11 is 0. The second-order valence-electron chi connectivity index (χ2n) is 8.16. The number of carbonyl (C=O) groups excluding carboxylic acids is 1. The number of fused-ring (bicyclic) bond motifs is 1. The summed E-state index contributed by atoms with van der Waals surface area (Å²) in [5, 5.41) is 3.52. The molecule has 0 spiro atoms. The minimum atomic E-state index is -0.440. The van der Waals surface area contributed by atoms with E-state index in [1.807, 2.05) is 79.7 Å². The molecule has 0 bridgehead atoms. The van der Waals surface area contributed by atoms with E-state index in [0.717, 1.165) is 22.5 Å². The number of carbonyl (C=O) groups is 1. The Kier molecular flexibility index (Phi) is 6.35. The van der Waals surface area contributed by atoms with Crippen molar-refractivity contribution in [1.29, 1.82) is 0 Å². The van der Waals surface area contributed by atoms with Crippen molar-refractivity contribution < 1.29 is 18.7 Å². The van der Waals surface area contributed by atoms with Crippen molar-refractivity contribution >= 4 is 17.3 Å². The van der Waals surface area contributed by atoms with Gasteiger partial charge >= 0.3 is 0 Å². The molecule has 1 N–H and O–H groups in total. The number of benzene rings is 4. The largest absolute Gasteiger partial charge is 0.490 e. The summed E-state index contributed by atoms with van der Waals surface area (Å²) in [5.74, 6) is 0.791. The fraction of sp³-hybridized carbons (Fsp3) is 0.138. The standard InChI is InChI=1S/C29H25FN2O3/c1-2-34-27-18-21(14-17-26(27)35-19-20-12-15-22(30)16-13-20)28-31-25-11-7-6-10-24(25)29(33)32(28)23-8-4-3-5-9-23/h3-18,28,31H,2,19H2,1H3. The predicted octanol–water partition coefficient (Wildman–Crippen LogP) is 6.57. The summed E-state index contributed by atoms with van der Waals surface area (Å²) < 4.78 is 25.1. The number of anilines is 2. The van der Waals surface area contributed by atoms with Crippen LogP contribution in [0.2, 0.25) is 0 Å². The molecule has 0 aliphatic carbocycles. The van der Waals surface area contributed by atoms with Crippen LogP contribution in [0.3, 0.4) is 0 Å². The topological polar surface area (TPSA) is 50.8 Å². The van der Waals surface area contributed by atoms with Crippen LogP contribution in [0.15, 0.2) is 97.1 Å². The van der Waals surface area contributed by atoms with Gasteiger partial charge in [-0.1, -0.05) is 48.5 Å². The molecule has 1 atom stereocenters. The summed E-state index contributed by atoms with van der Waals surface area (Å²) in [6.07, 6.45) is -0.440. The quantitative estimate of drug-likeness (QED) is 0.333. The van der Waals surface area contributed by atoms with Crippen LogP contribution in [0.5, 0.6) is 11.5 Å². The van der Waals surface area contributed by atoms with Gasteiger partial charge in [0.05, 0.1) is 12.2 Å². The number of hydrogen-bond donors (Lipinski definition) is 1. The number of rotatable bonds is 7. The number of para-hydroxylation sites is 2. The van der Waals surface area contributed by atoms with Gasteiger partial charge < -0.3 is 14.8 Å². The van der Waals surface area contributed by atoms with Crippen LogP contribution in [0.1, 0.15) is 34.6 Å². The summed E-state index contributed by atoms with van der Waals surface area (Å²) in [6.45, 7) is 2.65. The summed E-state index contributed by atoms with van der Waals surface area (Å²) in [5.41, 5.74) is 3.90. The van der Waals surface area contributed by atoms with Crippen molar-refractivity contribution in [3.8, 4) is 11.5 Å². The molecule has 1 heterocycles. The number of ether oxygens (including phenoxy) is 2. The van der Waals surface area contributed by atoms with Gasteiger partial charge in [-0.15, -0.1) is 0 Å². The second kappa shape index (κ2) is 9.89. The van der Waals surface area contributed by atoms with E-state index >= 15 is 0 Å². The summed E-state index contributed by atoms with van der Waals surface area (Å²) in [7, 11) is 0. The molecule has 1 aliphatic rings. The molecule has 4 aromatic rings. The van der Waals surface area contributed by atoms with Crippen LogP contribution >= 0.6 is 0 Å². The fourth-order valence-corrected chi connectivity index (χ4v) is 4.17. The molecule has 0 radical (unpaired) electrons. The smallest absolute Gasteiger partial charge is 0.262 e. The third-order valence-corrected chi connectivity index (χ3v) is 5.85. The van der Waals surface area contributed by atoms with Crippen molar-refractivity contribution in [2.45, 2.75) is 19.7 Å². The Morgan fingerprint density at radius 2 is 1.60 bits per heavy atom. The van der Waals surface area contributed by atoms with Crippen LogP contribution < -0.4 is 19.7 Å². The van der Waals surface area contributed by atoms with E-state index in [9.17, 15) is 9.18 Å². The Morgan fingerprint density at radius 3 is 2.37 bits per heavy atom. The Hall–Kier alpha value is -4.32. The summed E-state index contributed by atoms with van der Waals surface area (Å²) in [6, 6.07) is 29.0. The monoisotopic (exact) mass is 468 g/mol. The van der Waals surface area contributed by atoms with Crippen molar-refractivity contribution in [1.82, 2.24) is 0 Å². The molecule has 0 fully saturated rings. The Labute approximate surface area is 203 Å². The molecule has 1 amide bonds. The zero-order chi connectivity index (χ0) is 24.2. The minimum Gasteiger partial charge on any atom is -0.490 e. The third kappa shape index (κ3) is 4.68. The molecule has 6 heteroatoms. The van der Waals surface area contributed by atoms with Crippen LogP contribution in [0.25, 0.3) is 0 Å². The third-order valence-electron chi connectivity index (χ3n) is 5.85. The molecule has 0 saturated carbocycles. The molecule has 5 nitrogen and oxygen atoms in total. The van der Waals surface area contributed by atoms with Gasteiger partial charge in [-0.3, -0.25) is 9.69 Å². The SMILES string of the molecule is CCOc1cc(C2Nc3ccccc3C(=O)N2c2ccccc2)ccc1OCc1ccc(F)cc1. The second-order valence-corrected chi connectivity index (χ2v) is 8.16. The van der Waals surface area contributed by atoms with E-state index in [1.54, 1.807) is 17.0 Å². The predicted molar refractivity (Wildman–Crippen MR) is 134 cm³/mol. The van der Waals surface area contributed by atoms with Crippen LogP contribution in [-0.2, 0) is 6.61 Å². The molecule has 0 aromatic heterocycles. The Morgan fingerprint density at radius 1 is 0.857 bits per heavy atom. The maximum Gasteiger partial charge on any atom is 0.262 e. The van der Waals surface area contributed by atoms with Crippen molar-refractivity contribution in [2.75, 3.05) is 16.8 Å². The first-order chi connectivity index (χ1) is 17.1. The van der Waals surface area contributed by atoms with Gasteiger partial charge in [-0.2, -0.15) is 0 Å². The van der Waals surface area contributed by atoms with Crippen molar-refractivity contribution in [3.63, 3.8) is 0 Å². The van der Waals surface area contributed by atoms with Gasteiger partial charge in [0.15, 0.2) is 11.5 Å². The molecule has 1 aliphatic heterocycles. The van der Waals surface area contributed by atoms with Gasteiger partial charge in [-0.25, -0.2) is 4.39 Å². The van der Waals surface area contributed by atoms with Crippen molar-refractivity contribution in [2.24, 2.45) is 0 Å². The molecule has 1 unspecified atom stereocenters. The van der Waals surface area contributed by atoms with Gasteiger partial charge in [0.2, 0.25) is 0 Å². The van der Waals surface area contributed by atoms with Crippen LogP contribution in [0.4, 0.5) is 15.8 Å². The number of amides is 1. The lowest BCUT2D eigenvalue weighted by atomic mass is 10.0.